The van der Waals surface area contributed by atoms with Crippen molar-refractivity contribution in [1.82, 2.24) is 15.8 Å². The van der Waals surface area contributed by atoms with E-state index in [0.29, 0.717) is 17.9 Å². The first-order valence-electron chi connectivity index (χ1n) is 9.09. The lowest BCUT2D eigenvalue weighted by atomic mass is 9.86. The zero-order chi connectivity index (χ0) is 17.6. The highest BCUT2D eigenvalue weighted by molar-refractivity contribution is 6.06. The quantitative estimate of drug-likeness (QED) is 0.835. The second-order valence-electron chi connectivity index (χ2n) is 6.87. The van der Waals surface area contributed by atoms with Crippen LogP contribution in [0.25, 0.3) is 10.9 Å². The molecule has 2 N–H and O–H groups in total. The maximum absolute atomic E-state index is 12.5. The SMILES string of the molecule is Cc1cc(C(=O)NNC(=O)CCC2CCCCC2)c2ccccc2n1. The number of pyridine rings is 1. The first-order valence-corrected chi connectivity index (χ1v) is 9.09. The smallest absolute Gasteiger partial charge is 0.270 e. The fourth-order valence-corrected chi connectivity index (χ4v) is 3.56. The molecular formula is C20H25N3O2. The molecule has 1 heterocycles. The lowest BCUT2D eigenvalue weighted by Gasteiger charge is -2.21. The van der Waals surface area contributed by atoms with Gasteiger partial charge in [-0.3, -0.25) is 25.4 Å². The van der Waals surface area contributed by atoms with Crippen molar-refractivity contribution in [2.75, 3.05) is 0 Å². The largest absolute Gasteiger partial charge is 0.273 e. The summed E-state index contributed by atoms with van der Waals surface area (Å²) in [7, 11) is 0. The third-order valence-corrected chi connectivity index (χ3v) is 4.91. The van der Waals surface area contributed by atoms with Gasteiger partial charge in [0.05, 0.1) is 11.1 Å². The molecule has 0 radical (unpaired) electrons. The van der Waals surface area contributed by atoms with Crippen LogP contribution in [0, 0.1) is 12.8 Å². The summed E-state index contributed by atoms with van der Waals surface area (Å²) < 4.78 is 0. The number of benzene rings is 1. The van der Waals surface area contributed by atoms with E-state index in [1.165, 1.54) is 32.1 Å². The number of aromatic nitrogens is 1. The van der Waals surface area contributed by atoms with E-state index >= 15 is 0 Å². The summed E-state index contributed by atoms with van der Waals surface area (Å²) in [6.45, 7) is 1.85. The van der Waals surface area contributed by atoms with E-state index in [1.54, 1.807) is 6.07 Å². The summed E-state index contributed by atoms with van der Waals surface area (Å²) in [4.78, 5) is 28.9. The number of hydrazine groups is 1. The number of nitrogens with zero attached hydrogens (tertiary/aromatic N) is 1. The van der Waals surface area contributed by atoms with Crippen molar-refractivity contribution in [1.29, 1.82) is 0 Å². The summed E-state index contributed by atoms with van der Waals surface area (Å²) in [6.07, 6.45) is 7.68. The maximum atomic E-state index is 12.5. The fourth-order valence-electron chi connectivity index (χ4n) is 3.56. The van der Waals surface area contributed by atoms with Gasteiger partial charge in [0.1, 0.15) is 0 Å². The van der Waals surface area contributed by atoms with Crippen molar-refractivity contribution in [3.05, 3.63) is 41.6 Å². The van der Waals surface area contributed by atoms with Crippen molar-refractivity contribution in [3.63, 3.8) is 0 Å². The number of carbonyl (C=O) groups excluding carboxylic acids is 2. The van der Waals surface area contributed by atoms with Gasteiger partial charge < -0.3 is 0 Å². The normalized spacial score (nSPS) is 15.1. The number of para-hydroxylation sites is 1. The lowest BCUT2D eigenvalue weighted by molar-refractivity contribution is -0.122. The highest BCUT2D eigenvalue weighted by atomic mass is 16.2. The highest BCUT2D eigenvalue weighted by Crippen LogP contribution is 2.27. The number of carbonyl (C=O) groups is 2. The van der Waals surface area contributed by atoms with Crippen LogP contribution in [-0.2, 0) is 4.79 Å². The molecule has 3 rings (SSSR count). The van der Waals surface area contributed by atoms with Crippen LogP contribution in [-0.4, -0.2) is 16.8 Å². The molecule has 1 fully saturated rings. The zero-order valence-electron chi connectivity index (χ0n) is 14.7. The number of amides is 2. The lowest BCUT2D eigenvalue weighted by Crippen LogP contribution is -2.41. The molecule has 1 aromatic heterocycles. The summed E-state index contributed by atoms with van der Waals surface area (Å²) in [6, 6.07) is 9.25. The number of fused-ring (bicyclic) bond motifs is 1. The molecule has 0 saturated heterocycles. The fraction of sp³-hybridized carbons (Fsp3) is 0.450. The molecule has 1 aliphatic rings. The van der Waals surface area contributed by atoms with Crippen LogP contribution in [0.15, 0.2) is 30.3 Å². The van der Waals surface area contributed by atoms with Crippen molar-refractivity contribution in [2.24, 2.45) is 5.92 Å². The minimum Gasteiger partial charge on any atom is -0.273 e. The molecule has 25 heavy (non-hydrogen) atoms. The Morgan fingerprint density at radius 3 is 2.68 bits per heavy atom. The summed E-state index contributed by atoms with van der Waals surface area (Å²) in [5.41, 5.74) is 7.15. The summed E-state index contributed by atoms with van der Waals surface area (Å²) in [5.74, 6) is 0.212. The van der Waals surface area contributed by atoms with E-state index in [1.807, 2.05) is 31.2 Å². The third kappa shape index (κ3) is 4.56. The van der Waals surface area contributed by atoms with E-state index in [9.17, 15) is 9.59 Å². The monoisotopic (exact) mass is 339 g/mol. The Hall–Kier alpha value is -2.43. The van der Waals surface area contributed by atoms with Crippen LogP contribution < -0.4 is 10.9 Å². The van der Waals surface area contributed by atoms with Gasteiger partial charge in [0.2, 0.25) is 5.91 Å². The number of hydrogen-bond acceptors (Lipinski definition) is 3. The molecule has 1 saturated carbocycles. The Morgan fingerprint density at radius 2 is 1.88 bits per heavy atom. The van der Waals surface area contributed by atoms with Gasteiger partial charge in [-0.1, -0.05) is 50.3 Å². The predicted molar refractivity (Wildman–Crippen MR) is 97.9 cm³/mol. The molecular weight excluding hydrogens is 314 g/mol. The Kier molecular flexibility index (Phi) is 5.64. The molecule has 5 heteroatoms. The maximum Gasteiger partial charge on any atom is 0.270 e. The van der Waals surface area contributed by atoms with Gasteiger partial charge in [0, 0.05) is 17.5 Å². The molecule has 1 aromatic carbocycles. The Balaban J connectivity index is 1.56. The van der Waals surface area contributed by atoms with Gasteiger partial charge >= 0.3 is 0 Å². The van der Waals surface area contributed by atoms with Gasteiger partial charge in [0.25, 0.3) is 5.91 Å². The average molecular weight is 339 g/mol. The molecule has 2 amide bonds. The summed E-state index contributed by atoms with van der Waals surface area (Å²) >= 11 is 0. The van der Waals surface area contributed by atoms with E-state index in [2.05, 4.69) is 15.8 Å². The summed E-state index contributed by atoms with van der Waals surface area (Å²) in [5, 5.41) is 0.780. The van der Waals surface area contributed by atoms with Crippen molar-refractivity contribution < 1.29 is 9.59 Å². The molecule has 0 aliphatic heterocycles. The van der Waals surface area contributed by atoms with Crippen molar-refractivity contribution >= 4 is 22.7 Å². The minimum atomic E-state index is -0.312. The second kappa shape index (κ2) is 8.10. The molecule has 0 atom stereocenters. The Labute approximate surface area is 148 Å². The molecule has 0 spiro atoms. The third-order valence-electron chi connectivity index (χ3n) is 4.91. The van der Waals surface area contributed by atoms with Crippen LogP contribution in [0.5, 0.6) is 0 Å². The van der Waals surface area contributed by atoms with Gasteiger partial charge in [-0.05, 0) is 31.4 Å². The minimum absolute atomic E-state index is 0.131. The van der Waals surface area contributed by atoms with Crippen LogP contribution in [0.3, 0.4) is 0 Å². The number of rotatable bonds is 4. The van der Waals surface area contributed by atoms with Gasteiger partial charge in [0.15, 0.2) is 0 Å². The molecule has 0 bridgehead atoms. The zero-order valence-corrected chi connectivity index (χ0v) is 14.7. The molecule has 5 nitrogen and oxygen atoms in total. The van der Waals surface area contributed by atoms with Gasteiger partial charge in [-0.15, -0.1) is 0 Å². The highest BCUT2D eigenvalue weighted by Gasteiger charge is 2.16. The van der Waals surface area contributed by atoms with Crippen LogP contribution in [0.2, 0.25) is 0 Å². The average Bonchev–Trinajstić information content (AvgIpc) is 2.64. The van der Waals surface area contributed by atoms with Gasteiger partial charge in [-0.25, -0.2) is 0 Å². The van der Waals surface area contributed by atoms with Crippen LogP contribution in [0.1, 0.15) is 61.0 Å². The van der Waals surface area contributed by atoms with Crippen LogP contribution in [0.4, 0.5) is 0 Å². The first kappa shape index (κ1) is 17.4. The number of hydrogen-bond donors (Lipinski definition) is 2. The molecule has 2 aromatic rings. The van der Waals surface area contributed by atoms with E-state index in [4.69, 9.17) is 0 Å². The predicted octanol–water partition coefficient (Wildman–Crippen LogP) is 3.66. The Morgan fingerprint density at radius 1 is 1.12 bits per heavy atom. The number of nitrogens with one attached hydrogen (secondary N) is 2. The van der Waals surface area contributed by atoms with Crippen molar-refractivity contribution in [2.45, 2.75) is 51.9 Å². The topological polar surface area (TPSA) is 71.1 Å². The van der Waals surface area contributed by atoms with Crippen molar-refractivity contribution in [3.8, 4) is 0 Å². The van der Waals surface area contributed by atoms with Crippen LogP contribution >= 0.6 is 0 Å². The number of aryl methyl sites for hydroxylation is 1. The van der Waals surface area contributed by atoms with Gasteiger partial charge in [-0.2, -0.15) is 0 Å². The van der Waals surface area contributed by atoms with E-state index < -0.39 is 0 Å². The standard InChI is InChI=1S/C20H25N3O2/c1-14-13-17(16-9-5-6-10-18(16)21-14)20(25)23-22-19(24)12-11-15-7-3-2-4-8-15/h5-6,9-10,13,15H,2-4,7-8,11-12H2,1H3,(H,22,24)(H,23,25). The van der Waals surface area contributed by atoms with E-state index in [-0.39, 0.29) is 11.8 Å². The Bertz CT molecular complexity index is 767. The molecule has 1 aliphatic carbocycles. The van der Waals surface area contributed by atoms with E-state index in [0.717, 1.165) is 23.0 Å². The first-order chi connectivity index (χ1) is 12.1. The second-order valence-corrected chi connectivity index (χ2v) is 6.87. The molecule has 132 valence electrons. The molecule has 0 unspecified atom stereocenters.